The number of ether oxygens (including phenoxy) is 1. The van der Waals surface area contributed by atoms with Gasteiger partial charge in [0.2, 0.25) is 0 Å². The highest BCUT2D eigenvalue weighted by Crippen LogP contribution is 2.24. The topological polar surface area (TPSA) is 58.6 Å². The number of benzene rings is 1. The van der Waals surface area contributed by atoms with Gasteiger partial charge < -0.3 is 15.0 Å². The van der Waals surface area contributed by atoms with Crippen molar-refractivity contribution in [2.75, 3.05) is 19.7 Å². The zero-order valence-electron chi connectivity index (χ0n) is 14.3. The summed E-state index contributed by atoms with van der Waals surface area (Å²) in [7, 11) is 0. The Hall–Kier alpha value is -1.88. The van der Waals surface area contributed by atoms with Gasteiger partial charge in [0.1, 0.15) is 5.60 Å². The normalized spacial score (nSPS) is 24.0. The summed E-state index contributed by atoms with van der Waals surface area (Å²) in [6, 6.07) is 7.52. The maximum absolute atomic E-state index is 12.3. The molecule has 24 heavy (non-hydrogen) atoms. The zero-order valence-corrected chi connectivity index (χ0v) is 14.3. The molecule has 2 heterocycles. The van der Waals surface area contributed by atoms with Crippen molar-refractivity contribution in [3.63, 3.8) is 0 Å². The van der Waals surface area contributed by atoms with Gasteiger partial charge in [0.05, 0.1) is 0 Å². The Labute approximate surface area is 143 Å². The van der Waals surface area contributed by atoms with Crippen molar-refractivity contribution < 1.29 is 14.3 Å². The molecule has 1 aromatic rings. The molecule has 1 N–H and O–H groups in total. The Morgan fingerprint density at radius 1 is 1.12 bits per heavy atom. The monoisotopic (exact) mass is 330 g/mol. The van der Waals surface area contributed by atoms with E-state index in [1.54, 1.807) is 0 Å². The molecule has 0 aliphatic carbocycles. The van der Waals surface area contributed by atoms with Gasteiger partial charge in [-0.3, -0.25) is 9.59 Å². The Bertz CT molecular complexity index is 585. The average molecular weight is 330 g/mol. The maximum atomic E-state index is 12.3. The molecule has 2 fully saturated rings. The molecular weight excluding hydrogens is 304 g/mol. The summed E-state index contributed by atoms with van der Waals surface area (Å²) in [5, 5.41) is 2.95. The lowest BCUT2D eigenvalue weighted by molar-refractivity contribution is -0.150. The number of hydrogen-bond donors (Lipinski definition) is 1. The van der Waals surface area contributed by atoms with Crippen LogP contribution in [0.5, 0.6) is 0 Å². The van der Waals surface area contributed by atoms with Gasteiger partial charge in [-0.25, -0.2) is 0 Å². The number of hydrogen-bond acceptors (Lipinski definition) is 3. The molecule has 2 aliphatic rings. The highest BCUT2D eigenvalue weighted by Gasteiger charge is 2.35. The Morgan fingerprint density at radius 2 is 1.83 bits per heavy atom. The van der Waals surface area contributed by atoms with E-state index in [-0.39, 0.29) is 11.8 Å². The van der Waals surface area contributed by atoms with Gasteiger partial charge in [-0.15, -0.1) is 0 Å². The quantitative estimate of drug-likeness (QED) is 0.923. The van der Waals surface area contributed by atoms with E-state index in [1.807, 2.05) is 36.1 Å². The smallest absolute Gasteiger partial charge is 0.253 e. The van der Waals surface area contributed by atoms with Crippen LogP contribution >= 0.6 is 0 Å². The van der Waals surface area contributed by atoms with Gasteiger partial charge in [-0.2, -0.15) is 0 Å². The van der Waals surface area contributed by atoms with Gasteiger partial charge in [0.15, 0.2) is 0 Å². The molecule has 0 bridgehead atoms. The van der Waals surface area contributed by atoms with Crippen molar-refractivity contribution in [3.05, 3.63) is 35.4 Å². The SMILES string of the molecule is C[C@@]1(C(=O)NCc2ccc(C(=O)N3CCCC3)cc2)CCCCO1. The molecule has 1 atom stereocenters. The fraction of sp³-hybridized carbons (Fsp3) is 0.579. The molecule has 130 valence electrons. The van der Waals surface area contributed by atoms with Crippen molar-refractivity contribution in [3.8, 4) is 0 Å². The number of likely N-dealkylation sites (tertiary alicyclic amines) is 1. The summed E-state index contributed by atoms with van der Waals surface area (Å²) in [5.41, 5.74) is 1.000. The molecule has 0 spiro atoms. The summed E-state index contributed by atoms with van der Waals surface area (Å²) < 4.78 is 5.66. The molecule has 0 radical (unpaired) electrons. The summed E-state index contributed by atoms with van der Waals surface area (Å²) in [4.78, 5) is 26.6. The minimum absolute atomic E-state index is 0.0561. The third-order valence-corrected chi connectivity index (χ3v) is 5.00. The van der Waals surface area contributed by atoms with E-state index in [1.165, 1.54) is 0 Å². The average Bonchev–Trinajstić information content (AvgIpc) is 3.15. The van der Waals surface area contributed by atoms with Gasteiger partial charge in [0, 0.05) is 31.8 Å². The lowest BCUT2D eigenvalue weighted by Gasteiger charge is -2.32. The van der Waals surface area contributed by atoms with Crippen LogP contribution in [0.2, 0.25) is 0 Å². The predicted molar refractivity (Wildman–Crippen MR) is 91.6 cm³/mol. The molecule has 3 rings (SSSR count). The number of carbonyl (C=O) groups is 2. The lowest BCUT2D eigenvalue weighted by atomic mass is 9.95. The molecule has 5 nitrogen and oxygen atoms in total. The van der Waals surface area contributed by atoms with Crippen LogP contribution in [0.1, 0.15) is 54.9 Å². The third kappa shape index (κ3) is 3.78. The van der Waals surface area contributed by atoms with Gasteiger partial charge in [0.25, 0.3) is 11.8 Å². The van der Waals surface area contributed by atoms with Crippen LogP contribution in [0, 0.1) is 0 Å². The predicted octanol–water partition coefficient (Wildman–Crippen LogP) is 2.50. The summed E-state index contributed by atoms with van der Waals surface area (Å²) in [6.07, 6.45) is 5.00. The van der Waals surface area contributed by atoms with Crippen LogP contribution in [0.3, 0.4) is 0 Å². The lowest BCUT2D eigenvalue weighted by Crippen LogP contribution is -2.48. The van der Waals surface area contributed by atoms with Crippen LogP contribution in [0.25, 0.3) is 0 Å². The van der Waals surface area contributed by atoms with Crippen molar-refractivity contribution in [2.24, 2.45) is 0 Å². The standard InChI is InChI=1S/C19H26N2O3/c1-19(10-2-5-13-24-19)18(23)20-14-15-6-8-16(9-7-15)17(22)21-11-3-4-12-21/h6-9H,2-5,10-14H2,1H3,(H,20,23)/t19-/m0/s1. The van der Waals surface area contributed by atoms with Gasteiger partial charge in [-0.05, 0) is 56.7 Å². The molecule has 1 aromatic carbocycles. The Kier molecular flexibility index (Phi) is 5.19. The van der Waals surface area contributed by atoms with Gasteiger partial charge >= 0.3 is 0 Å². The van der Waals surface area contributed by atoms with Crippen molar-refractivity contribution in [1.29, 1.82) is 0 Å². The minimum Gasteiger partial charge on any atom is -0.365 e. The van der Waals surface area contributed by atoms with E-state index < -0.39 is 5.60 Å². The second-order valence-electron chi connectivity index (χ2n) is 6.92. The van der Waals surface area contributed by atoms with Crippen LogP contribution in [0.4, 0.5) is 0 Å². The van der Waals surface area contributed by atoms with Crippen molar-refractivity contribution in [1.82, 2.24) is 10.2 Å². The van der Waals surface area contributed by atoms with Crippen LogP contribution < -0.4 is 5.32 Å². The summed E-state index contributed by atoms with van der Waals surface area (Å²) in [6.45, 7) is 4.68. The second kappa shape index (κ2) is 7.34. The maximum Gasteiger partial charge on any atom is 0.253 e. The molecule has 2 aliphatic heterocycles. The van der Waals surface area contributed by atoms with Crippen molar-refractivity contribution >= 4 is 11.8 Å². The van der Waals surface area contributed by atoms with Crippen LogP contribution in [-0.2, 0) is 16.1 Å². The fourth-order valence-corrected chi connectivity index (χ4v) is 3.35. The van der Waals surface area contributed by atoms with Crippen LogP contribution in [-0.4, -0.2) is 42.0 Å². The number of amides is 2. The first-order valence-corrected chi connectivity index (χ1v) is 8.89. The molecule has 2 saturated heterocycles. The number of nitrogens with zero attached hydrogens (tertiary/aromatic N) is 1. The fourth-order valence-electron chi connectivity index (χ4n) is 3.35. The summed E-state index contributed by atoms with van der Waals surface area (Å²) in [5.74, 6) is 0.0469. The molecular formula is C19H26N2O3. The van der Waals surface area contributed by atoms with E-state index >= 15 is 0 Å². The minimum atomic E-state index is -0.704. The molecule has 5 heteroatoms. The van der Waals surface area contributed by atoms with E-state index in [4.69, 9.17) is 4.74 Å². The Balaban J connectivity index is 1.54. The van der Waals surface area contributed by atoms with Gasteiger partial charge in [-0.1, -0.05) is 12.1 Å². The van der Waals surface area contributed by atoms with E-state index in [9.17, 15) is 9.59 Å². The first kappa shape index (κ1) is 17.0. The second-order valence-corrected chi connectivity index (χ2v) is 6.92. The molecule has 0 unspecified atom stereocenters. The molecule has 0 saturated carbocycles. The number of rotatable bonds is 4. The third-order valence-electron chi connectivity index (χ3n) is 5.00. The van der Waals surface area contributed by atoms with Crippen LogP contribution in [0.15, 0.2) is 24.3 Å². The summed E-state index contributed by atoms with van der Waals surface area (Å²) >= 11 is 0. The van der Waals surface area contributed by atoms with E-state index in [0.717, 1.165) is 56.3 Å². The number of nitrogens with one attached hydrogen (secondary N) is 1. The molecule has 0 aromatic heterocycles. The van der Waals surface area contributed by atoms with E-state index in [0.29, 0.717) is 13.2 Å². The largest absolute Gasteiger partial charge is 0.365 e. The van der Waals surface area contributed by atoms with E-state index in [2.05, 4.69) is 5.32 Å². The first-order chi connectivity index (χ1) is 11.6. The van der Waals surface area contributed by atoms with Crippen molar-refractivity contribution in [2.45, 2.75) is 51.2 Å². The molecule has 2 amide bonds. The highest BCUT2D eigenvalue weighted by atomic mass is 16.5. The highest BCUT2D eigenvalue weighted by molar-refractivity contribution is 5.94. The number of carbonyl (C=O) groups excluding carboxylic acids is 2. The first-order valence-electron chi connectivity index (χ1n) is 8.89. The Morgan fingerprint density at radius 3 is 2.46 bits per heavy atom. The zero-order chi connectivity index (χ0) is 17.0.